The van der Waals surface area contributed by atoms with E-state index in [-0.39, 0.29) is 11.2 Å². The minimum absolute atomic E-state index is 0.00912. The van der Waals surface area contributed by atoms with Crippen molar-refractivity contribution in [1.82, 2.24) is 0 Å². The van der Waals surface area contributed by atoms with Crippen LogP contribution in [0.5, 0.6) is 0 Å². The van der Waals surface area contributed by atoms with Gasteiger partial charge in [-0.05, 0) is 51.4 Å². The number of hydrogen-bond acceptors (Lipinski definition) is 2. The lowest BCUT2D eigenvalue weighted by atomic mass is 9.71. The Hall–Kier alpha value is -0.500. The third kappa shape index (κ3) is 8.59. The fourth-order valence-corrected chi connectivity index (χ4v) is 4.66. The molecule has 0 N–H and O–H groups in total. The fourth-order valence-electron chi connectivity index (χ4n) is 4.43. The fraction of sp³-hybridized carbons (Fsp3) is 0.800. The number of carbonyl (C=O) groups excluding carboxylic acids is 1. The molecule has 156 valence electrons. The van der Waals surface area contributed by atoms with E-state index in [0.29, 0.717) is 4.91 Å². The Morgan fingerprint density at radius 1 is 0.963 bits per heavy atom. The summed E-state index contributed by atoms with van der Waals surface area (Å²) in [6.07, 6.45) is 17.8. The summed E-state index contributed by atoms with van der Waals surface area (Å²) >= 11 is 4.64. The van der Waals surface area contributed by atoms with Crippen LogP contribution >= 0.6 is 12.6 Å². The molecule has 1 rings (SSSR count). The molecule has 2 heteroatoms. The minimum Gasteiger partial charge on any atom is -0.288 e. The molecule has 0 bridgehead atoms. The molecule has 27 heavy (non-hydrogen) atoms. The highest BCUT2D eigenvalue weighted by atomic mass is 32.1. The number of thiol groups is 1. The highest BCUT2D eigenvalue weighted by Gasteiger charge is 2.33. The number of rotatable bonds is 13. The second-order valence-corrected chi connectivity index (χ2v) is 9.73. The monoisotopic (exact) mass is 392 g/mol. The molecule has 0 aromatic rings. The van der Waals surface area contributed by atoms with Crippen LogP contribution < -0.4 is 0 Å². The first kappa shape index (κ1) is 24.5. The summed E-state index contributed by atoms with van der Waals surface area (Å²) in [6, 6.07) is 0. The second-order valence-electron chi connectivity index (χ2n) is 9.28. The molecule has 0 heterocycles. The lowest BCUT2D eigenvalue weighted by Gasteiger charge is -2.33. The number of allylic oxidation sites excluding steroid dienone is 4. The molecular weight excluding hydrogens is 348 g/mol. The van der Waals surface area contributed by atoms with Crippen molar-refractivity contribution in [3.8, 4) is 0 Å². The van der Waals surface area contributed by atoms with Crippen molar-refractivity contribution in [1.29, 1.82) is 0 Å². The van der Waals surface area contributed by atoms with E-state index in [9.17, 15) is 4.79 Å². The van der Waals surface area contributed by atoms with Crippen molar-refractivity contribution < 1.29 is 4.79 Å². The first-order valence-electron chi connectivity index (χ1n) is 11.4. The van der Waals surface area contributed by atoms with E-state index in [1.54, 1.807) is 0 Å². The Balaban J connectivity index is 2.36. The standard InChI is InChI=1S/C25H44OS/c1-6-7-8-9-10-11-12-13-14-15-17-21(3)24(27)23(26)22-20(2)18-16-19-25(22,4)5/h27H,6-19H2,1-5H3/b24-21-. The van der Waals surface area contributed by atoms with Gasteiger partial charge in [0.05, 0.1) is 4.91 Å². The predicted octanol–water partition coefficient (Wildman–Crippen LogP) is 8.60. The van der Waals surface area contributed by atoms with Gasteiger partial charge in [-0.2, -0.15) is 0 Å². The molecule has 1 aliphatic carbocycles. The van der Waals surface area contributed by atoms with Crippen molar-refractivity contribution in [3.63, 3.8) is 0 Å². The normalized spacial score (nSPS) is 17.9. The lowest BCUT2D eigenvalue weighted by Crippen LogP contribution is -2.26. The summed E-state index contributed by atoms with van der Waals surface area (Å²) in [6.45, 7) is 10.9. The van der Waals surface area contributed by atoms with E-state index in [1.807, 2.05) is 0 Å². The summed E-state index contributed by atoms with van der Waals surface area (Å²) < 4.78 is 0. The molecule has 0 aromatic heterocycles. The summed E-state index contributed by atoms with van der Waals surface area (Å²) in [5, 5.41) is 0. The van der Waals surface area contributed by atoms with Crippen LogP contribution in [0.15, 0.2) is 21.6 Å². The molecule has 0 radical (unpaired) electrons. The largest absolute Gasteiger partial charge is 0.288 e. The first-order chi connectivity index (χ1) is 12.8. The van der Waals surface area contributed by atoms with Gasteiger partial charge in [0.2, 0.25) is 0 Å². The van der Waals surface area contributed by atoms with E-state index in [0.717, 1.165) is 24.8 Å². The van der Waals surface area contributed by atoms with Crippen molar-refractivity contribution >= 4 is 18.4 Å². The topological polar surface area (TPSA) is 17.1 Å². The molecule has 0 saturated heterocycles. The van der Waals surface area contributed by atoms with Crippen LogP contribution in [-0.2, 0) is 4.79 Å². The summed E-state index contributed by atoms with van der Waals surface area (Å²) in [7, 11) is 0. The van der Waals surface area contributed by atoms with Crippen molar-refractivity contribution in [3.05, 3.63) is 21.6 Å². The zero-order valence-electron chi connectivity index (χ0n) is 18.8. The van der Waals surface area contributed by atoms with Crippen LogP contribution in [0.25, 0.3) is 0 Å². The van der Waals surface area contributed by atoms with Gasteiger partial charge in [-0.3, -0.25) is 4.79 Å². The number of carbonyl (C=O) groups is 1. The Kier molecular flexibility index (Phi) is 11.7. The maximum Gasteiger partial charge on any atom is 0.195 e. The number of Topliss-reactive ketones (excluding diaryl/α,β-unsaturated/α-hetero) is 1. The second kappa shape index (κ2) is 12.9. The van der Waals surface area contributed by atoms with Crippen LogP contribution in [0.1, 0.15) is 125 Å². The maximum atomic E-state index is 13.1. The van der Waals surface area contributed by atoms with Crippen molar-refractivity contribution in [2.45, 2.75) is 125 Å². The van der Waals surface area contributed by atoms with E-state index < -0.39 is 0 Å². The summed E-state index contributed by atoms with van der Waals surface area (Å²) in [4.78, 5) is 13.8. The molecule has 1 nitrogen and oxygen atoms in total. The smallest absolute Gasteiger partial charge is 0.195 e. The van der Waals surface area contributed by atoms with Crippen LogP contribution in [0.3, 0.4) is 0 Å². The van der Waals surface area contributed by atoms with E-state index in [2.05, 4.69) is 47.2 Å². The van der Waals surface area contributed by atoms with Gasteiger partial charge in [-0.15, -0.1) is 12.6 Å². The Morgan fingerprint density at radius 2 is 1.48 bits per heavy atom. The van der Waals surface area contributed by atoms with Gasteiger partial charge in [0.1, 0.15) is 0 Å². The number of hydrogen-bond donors (Lipinski definition) is 1. The van der Waals surface area contributed by atoms with E-state index >= 15 is 0 Å². The molecule has 0 aromatic carbocycles. The highest BCUT2D eigenvalue weighted by molar-refractivity contribution is 7.85. The van der Waals surface area contributed by atoms with Crippen LogP contribution in [-0.4, -0.2) is 5.78 Å². The quantitative estimate of drug-likeness (QED) is 0.189. The molecule has 1 aliphatic rings. The zero-order valence-corrected chi connectivity index (χ0v) is 19.6. The van der Waals surface area contributed by atoms with E-state index in [1.165, 1.54) is 81.8 Å². The molecule has 0 unspecified atom stereocenters. The molecule has 0 saturated carbocycles. The summed E-state index contributed by atoms with van der Waals surface area (Å²) in [5.41, 5.74) is 3.46. The third-order valence-electron chi connectivity index (χ3n) is 6.21. The SMILES string of the molecule is CCCCCCCCCCCC/C(C)=C(\S)C(=O)C1=C(C)CCCC1(C)C. The molecule has 0 fully saturated rings. The predicted molar refractivity (Wildman–Crippen MR) is 123 cm³/mol. The highest BCUT2D eigenvalue weighted by Crippen LogP contribution is 2.42. The van der Waals surface area contributed by atoms with Gasteiger partial charge in [0, 0.05) is 5.57 Å². The zero-order chi connectivity index (χ0) is 20.3. The van der Waals surface area contributed by atoms with Gasteiger partial charge < -0.3 is 0 Å². The molecule has 0 spiro atoms. The van der Waals surface area contributed by atoms with Gasteiger partial charge in [-0.1, -0.05) is 89.7 Å². The Labute approximate surface area is 174 Å². The Bertz CT molecular complexity index is 524. The van der Waals surface area contributed by atoms with Gasteiger partial charge in [0.15, 0.2) is 5.78 Å². The van der Waals surface area contributed by atoms with Crippen LogP contribution in [0, 0.1) is 5.41 Å². The Morgan fingerprint density at radius 3 is 2.00 bits per heavy atom. The average Bonchev–Trinajstić information content (AvgIpc) is 2.61. The van der Waals surface area contributed by atoms with Crippen molar-refractivity contribution in [2.24, 2.45) is 5.41 Å². The van der Waals surface area contributed by atoms with E-state index in [4.69, 9.17) is 0 Å². The average molecular weight is 393 g/mol. The number of ketones is 1. The first-order valence-corrected chi connectivity index (χ1v) is 11.9. The maximum absolute atomic E-state index is 13.1. The minimum atomic E-state index is -0.00912. The number of unbranched alkanes of at least 4 members (excludes halogenated alkanes) is 9. The molecule has 0 atom stereocenters. The molecule has 0 amide bonds. The summed E-state index contributed by atoms with van der Waals surface area (Å²) in [5.74, 6) is 0.185. The lowest BCUT2D eigenvalue weighted by molar-refractivity contribution is -0.112. The van der Waals surface area contributed by atoms with Gasteiger partial charge in [0.25, 0.3) is 0 Å². The molecular formula is C25H44OS. The van der Waals surface area contributed by atoms with Crippen molar-refractivity contribution in [2.75, 3.05) is 0 Å². The van der Waals surface area contributed by atoms with Gasteiger partial charge >= 0.3 is 0 Å². The van der Waals surface area contributed by atoms with Gasteiger partial charge in [-0.25, -0.2) is 0 Å². The molecule has 0 aliphatic heterocycles. The van der Waals surface area contributed by atoms with Crippen LogP contribution in [0.2, 0.25) is 0 Å². The van der Waals surface area contributed by atoms with Crippen LogP contribution in [0.4, 0.5) is 0 Å². The third-order valence-corrected chi connectivity index (χ3v) is 6.79.